The van der Waals surface area contributed by atoms with Gasteiger partial charge in [-0.3, -0.25) is 14.4 Å². The number of hydrogen-bond donors (Lipinski definition) is 2. The minimum atomic E-state index is -1.09. The van der Waals surface area contributed by atoms with E-state index in [1.807, 2.05) is 13.8 Å². The van der Waals surface area contributed by atoms with Crippen molar-refractivity contribution in [2.45, 2.75) is 46.1 Å². The van der Waals surface area contributed by atoms with Crippen molar-refractivity contribution in [2.75, 3.05) is 0 Å². The van der Waals surface area contributed by atoms with Gasteiger partial charge in [0.1, 0.15) is 6.04 Å². The lowest BCUT2D eigenvalue weighted by atomic mass is 10.0. The summed E-state index contributed by atoms with van der Waals surface area (Å²) in [5.74, 6) is -1.80. The minimum Gasteiger partial charge on any atom is -0.480 e. The predicted octanol–water partition coefficient (Wildman–Crippen LogP) is 1.31. The number of carboxylic acid groups (broad SMARTS) is 1. The SMILES string of the molecule is C=C(C(C)=O)C(=O)CCCC(N)C(=O)O.CC. The molecular weight excluding hydrogens is 222 g/mol. The molecule has 0 aromatic rings. The number of nitrogens with two attached hydrogens (primary N) is 1. The molecule has 0 aliphatic rings. The van der Waals surface area contributed by atoms with Gasteiger partial charge in [-0.2, -0.15) is 0 Å². The molecule has 0 aliphatic heterocycles. The fraction of sp³-hybridized carbons (Fsp3) is 0.583. The molecule has 0 spiro atoms. The second-order valence-electron chi connectivity index (χ2n) is 3.29. The molecular formula is C12H21NO4. The van der Waals surface area contributed by atoms with Gasteiger partial charge in [-0.1, -0.05) is 20.4 Å². The van der Waals surface area contributed by atoms with Gasteiger partial charge in [0, 0.05) is 6.42 Å². The van der Waals surface area contributed by atoms with Crippen molar-refractivity contribution in [3.05, 3.63) is 12.2 Å². The molecule has 5 nitrogen and oxygen atoms in total. The maximum absolute atomic E-state index is 11.2. The van der Waals surface area contributed by atoms with Crippen molar-refractivity contribution in [1.29, 1.82) is 0 Å². The van der Waals surface area contributed by atoms with Crippen LogP contribution in [0.15, 0.2) is 12.2 Å². The fourth-order valence-electron chi connectivity index (χ4n) is 0.953. The van der Waals surface area contributed by atoms with Crippen LogP contribution in [-0.2, 0) is 14.4 Å². The van der Waals surface area contributed by atoms with Crippen molar-refractivity contribution in [2.24, 2.45) is 5.73 Å². The molecule has 5 heteroatoms. The van der Waals surface area contributed by atoms with Gasteiger partial charge in [0.2, 0.25) is 0 Å². The first-order chi connectivity index (χ1) is 7.86. The lowest BCUT2D eigenvalue weighted by Gasteiger charge is -2.05. The number of ketones is 2. The van der Waals surface area contributed by atoms with Crippen LogP contribution in [-0.4, -0.2) is 28.7 Å². The van der Waals surface area contributed by atoms with Gasteiger partial charge in [0.25, 0.3) is 0 Å². The topological polar surface area (TPSA) is 97.5 Å². The van der Waals surface area contributed by atoms with Crippen LogP contribution in [0.1, 0.15) is 40.0 Å². The maximum atomic E-state index is 11.2. The van der Waals surface area contributed by atoms with E-state index in [9.17, 15) is 14.4 Å². The van der Waals surface area contributed by atoms with E-state index < -0.39 is 12.0 Å². The van der Waals surface area contributed by atoms with Crippen LogP contribution in [0.4, 0.5) is 0 Å². The Hall–Kier alpha value is -1.49. The third kappa shape index (κ3) is 8.33. The molecule has 0 amide bonds. The number of carbonyl (C=O) groups is 3. The molecule has 0 aromatic carbocycles. The summed E-state index contributed by atoms with van der Waals surface area (Å²) in [5.41, 5.74) is 5.20. The highest BCUT2D eigenvalue weighted by molar-refractivity contribution is 6.18. The molecule has 0 saturated heterocycles. The molecule has 0 aliphatic carbocycles. The van der Waals surface area contributed by atoms with E-state index in [-0.39, 0.29) is 30.0 Å². The second kappa shape index (κ2) is 9.72. The van der Waals surface area contributed by atoms with Crippen LogP contribution in [0, 0.1) is 0 Å². The quantitative estimate of drug-likeness (QED) is 0.399. The van der Waals surface area contributed by atoms with Crippen LogP contribution < -0.4 is 5.73 Å². The maximum Gasteiger partial charge on any atom is 0.320 e. The number of allylic oxidation sites excluding steroid dienone is 1. The minimum absolute atomic E-state index is 0.0427. The zero-order valence-electron chi connectivity index (χ0n) is 10.7. The van der Waals surface area contributed by atoms with Gasteiger partial charge in [-0.15, -0.1) is 0 Å². The molecule has 17 heavy (non-hydrogen) atoms. The third-order valence-electron chi connectivity index (χ3n) is 2.00. The van der Waals surface area contributed by atoms with Crippen LogP contribution >= 0.6 is 0 Å². The Labute approximate surface area is 102 Å². The smallest absolute Gasteiger partial charge is 0.320 e. The van der Waals surface area contributed by atoms with Crippen LogP contribution in [0.5, 0.6) is 0 Å². The zero-order valence-corrected chi connectivity index (χ0v) is 10.7. The largest absolute Gasteiger partial charge is 0.480 e. The Morgan fingerprint density at radius 3 is 2.12 bits per heavy atom. The summed E-state index contributed by atoms with van der Waals surface area (Å²) in [6.07, 6.45) is 0.671. The average Bonchev–Trinajstić information content (AvgIpc) is 2.29. The molecule has 0 aromatic heterocycles. The molecule has 0 bridgehead atoms. The molecule has 3 N–H and O–H groups in total. The van der Waals surface area contributed by atoms with E-state index >= 15 is 0 Å². The highest BCUT2D eigenvalue weighted by Gasteiger charge is 2.14. The molecule has 98 valence electrons. The van der Waals surface area contributed by atoms with Crippen molar-refractivity contribution in [3.63, 3.8) is 0 Å². The number of aliphatic carboxylic acids is 1. The predicted molar refractivity (Wildman–Crippen MR) is 65.6 cm³/mol. The van der Waals surface area contributed by atoms with E-state index in [4.69, 9.17) is 10.8 Å². The molecule has 0 rings (SSSR count). The normalized spacial score (nSPS) is 10.8. The van der Waals surface area contributed by atoms with Gasteiger partial charge < -0.3 is 10.8 Å². The van der Waals surface area contributed by atoms with Gasteiger partial charge >= 0.3 is 5.97 Å². The van der Waals surface area contributed by atoms with Gasteiger partial charge in [0.05, 0.1) is 5.57 Å². The van der Waals surface area contributed by atoms with Crippen LogP contribution in [0.25, 0.3) is 0 Å². The first-order valence-electron chi connectivity index (χ1n) is 5.57. The van der Waals surface area contributed by atoms with Gasteiger partial charge in [0.15, 0.2) is 11.6 Å². The summed E-state index contributed by atoms with van der Waals surface area (Å²) in [4.78, 5) is 32.3. The Kier molecular flexibility index (Phi) is 10.2. The van der Waals surface area contributed by atoms with Crippen LogP contribution in [0.2, 0.25) is 0 Å². The van der Waals surface area contributed by atoms with Crippen molar-refractivity contribution in [3.8, 4) is 0 Å². The standard InChI is InChI=1S/C10H15NO4.C2H6/c1-6(7(2)12)9(13)5-3-4-8(11)10(14)15;1-2/h8H,1,3-5,11H2,2H3,(H,14,15);1-2H3. The van der Waals surface area contributed by atoms with Crippen molar-refractivity contribution >= 4 is 17.5 Å². The average molecular weight is 243 g/mol. The summed E-state index contributed by atoms with van der Waals surface area (Å²) < 4.78 is 0. The Morgan fingerprint density at radius 2 is 1.76 bits per heavy atom. The second-order valence-corrected chi connectivity index (χ2v) is 3.29. The van der Waals surface area contributed by atoms with Crippen molar-refractivity contribution < 1.29 is 19.5 Å². The van der Waals surface area contributed by atoms with Crippen molar-refractivity contribution in [1.82, 2.24) is 0 Å². The van der Waals surface area contributed by atoms with E-state index in [0.29, 0.717) is 6.42 Å². The third-order valence-corrected chi connectivity index (χ3v) is 2.00. The molecule has 0 fully saturated rings. The Balaban J connectivity index is 0. The fourth-order valence-corrected chi connectivity index (χ4v) is 0.953. The first-order valence-corrected chi connectivity index (χ1v) is 5.57. The van der Waals surface area contributed by atoms with Gasteiger partial charge in [-0.05, 0) is 19.8 Å². The summed E-state index contributed by atoms with van der Waals surface area (Å²) in [7, 11) is 0. The number of rotatable bonds is 7. The Morgan fingerprint density at radius 1 is 1.29 bits per heavy atom. The van der Waals surface area contributed by atoms with E-state index in [2.05, 4.69) is 6.58 Å². The molecule has 0 heterocycles. The number of carbonyl (C=O) groups excluding carboxylic acids is 2. The molecule has 0 radical (unpaired) electrons. The Bertz CT molecular complexity index is 297. The summed E-state index contributed by atoms with van der Waals surface area (Å²) in [6, 6.07) is -0.955. The highest BCUT2D eigenvalue weighted by Crippen LogP contribution is 2.05. The lowest BCUT2D eigenvalue weighted by molar-refractivity contribution is -0.138. The van der Waals surface area contributed by atoms with E-state index in [1.165, 1.54) is 6.92 Å². The number of carboxylic acids is 1. The van der Waals surface area contributed by atoms with Gasteiger partial charge in [-0.25, -0.2) is 0 Å². The first kappa shape index (κ1) is 17.9. The molecule has 0 saturated carbocycles. The molecule has 1 atom stereocenters. The zero-order chi connectivity index (χ0) is 14.0. The monoisotopic (exact) mass is 243 g/mol. The van der Waals surface area contributed by atoms with E-state index in [1.54, 1.807) is 0 Å². The highest BCUT2D eigenvalue weighted by atomic mass is 16.4. The summed E-state index contributed by atoms with van der Waals surface area (Å²) in [6.45, 7) is 8.61. The van der Waals surface area contributed by atoms with E-state index in [0.717, 1.165) is 0 Å². The summed E-state index contributed by atoms with van der Waals surface area (Å²) in [5, 5.41) is 8.46. The number of Topliss-reactive ketones (excluding diaryl/α,β-unsaturated/α-hetero) is 2. The lowest BCUT2D eigenvalue weighted by Crippen LogP contribution is -2.30. The molecule has 1 unspecified atom stereocenters. The summed E-state index contributed by atoms with van der Waals surface area (Å²) >= 11 is 0. The number of hydrogen-bond acceptors (Lipinski definition) is 4. The van der Waals surface area contributed by atoms with Crippen LogP contribution in [0.3, 0.4) is 0 Å².